The smallest absolute Gasteiger partial charge is 0.199 e. The van der Waals surface area contributed by atoms with Crippen LogP contribution in [0.2, 0.25) is 0 Å². The van der Waals surface area contributed by atoms with E-state index < -0.39 is 0 Å². The summed E-state index contributed by atoms with van der Waals surface area (Å²) in [5.74, 6) is 0. The van der Waals surface area contributed by atoms with Crippen molar-refractivity contribution in [3.8, 4) is 0 Å². The quantitative estimate of drug-likeness (QED) is 0.619. The number of carbonyl (C=O) groups is 1. The molecule has 0 fully saturated rings. The second kappa shape index (κ2) is 3.24. The van der Waals surface area contributed by atoms with Crippen molar-refractivity contribution >= 4 is 29.3 Å². The van der Waals surface area contributed by atoms with E-state index in [0.29, 0.717) is 6.42 Å². The fourth-order valence-corrected chi connectivity index (χ4v) is 1.79. The third-order valence-corrected chi connectivity index (χ3v) is 2.35. The van der Waals surface area contributed by atoms with Crippen LogP contribution in [0.1, 0.15) is 5.69 Å². The van der Waals surface area contributed by atoms with Gasteiger partial charge in [0.15, 0.2) is 5.12 Å². The molecule has 0 unspecified atom stereocenters. The minimum atomic E-state index is 0. The predicted octanol–water partition coefficient (Wildman–Crippen LogP) is 1.68. The lowest BCUT2D eigenvalue weighted by molar-refractivity contribution is -0.110. The van der Waals surface area contributed by atoms with E-state index in [0.717, 1.165) is 10.6 Å². The molecular weight excluding hydrogens is 182 g/mol. The predicted molar refractivity (Wildman–Crippen MR) is 46.1 cm³/mol. The lowest BCUT2D eigenvalue weighted by atomic mass is 10.3. The highest BCUT2D eigenvalue weighted by Crippen LogP contribution is 2.29. The fourth-order valence-electron chi connectivity index (χ4n) is 0.944. The van der Waals surface area contributed by atoms with Gasteiger partial charge in [0.25, 0.3) is 0 Å². The van der Waals surface area contributed by atoms with Crippen LogP contribution in [0, 0.1) is 0 Å². The summed E-state index contributed by atoms with van der Waals surface area (Å²) in [5, 5.41) is 0.203. The third kappa shape index (κ3) is 1.54. The summed E-state index contributed by atoms with van der Waals surface area (Å²) in [7, 11) is 0. The largest absolute Gasteiger partial charge is 0.286 e. The van der Waals surface area contributed by atoms with Gasteiger partial charge >= 0.3 is 0 Å². The summed E-state index contributed by atoms with van der Waals surface area (Å²) >= 11 is 1.29. The summed E-state index contributed by atoms with van der Waals surface area (Å²) in [6.07, 6.45) is 2.22. The molecule has 2 rings (SSSR count). The zero-order valence-corrected chi connectivity index (χ0v) is 7.24. The summed E-state index contributed by atoms with van der Waals surface area (Å²) in [6.45, 7) is 0. The average Bonchev–Trinajstić information content (AvgIpc) is 2.27. The Morgan fingerprint density at radius 3 is 3.09 bits per heavy atom. The van der Waals surface area contributed by atoms with Crippen molar-refractivity contribution in [3.05, 3.63) is 24.0 Å². The molecule has 0 amide bonds. The maximum atomic E-state index is 10.8. The number of hydrogen-bond acceptors (Lipinski definition) is 3. The Bertz CT molecular complexity index is 263. The summed E-state index contributed by atoms with van der Waals surface area (Å²) in [4.78, 5) is 15.9. The molecule has 0 saturated heterocycles. The van der Waals surface area contributed by atoms with E-state index in [1.54, 1.807) is 6.20 Å². The van der Waals surface area contributed by atoms with Gasteiger partial charge in [0, 0.05) is 11.1 Å². The first kappa shape index (κ1) is 8.56. The SMILES string of the molecule is Cl.O=C1Cc2ncccc2S1. The molecule has 0 N–H and O–H groups in total. The maximum absolute atomic E-state index is 10.8. The molecule has 0 saturated carbocycles. The van der Waals surface area contributed by atoms with Crippen molar-refractivity contribution in [1.29, 1.82) is 0 Å². The second-order valence-corrected chi connectivity index (χ2v) is 3.20. The summed E-state index contributed by atoms with van der Waals surface area (Å²) in [5.41, 5.74) is 0.928. The molecule has 0 aliphatic carbocycles. The van der Waals surface area contributed by atoms with Crippen molar-refractivity contribution in [2.75, 3.05) is 0 Å². The molecule has 11 heavy (non-hydrogen) atoms. The number of rotatable bonds is 0. The van der Waals surface area contributed by atoms with E-state index in [-0.39, 0.29) is 17.5 Å². The highest BCUT2D eigenvalue weighted by Gasteiger charge is 2.19. The average molecular weight is 188 g/mol. The van der Waals surface area contributed by atoms with Crippen LogP contribution in [0.3, 0.4) is 0 Å². The molecule has 2 nitrogen and oxygen atoms in total. The van der Waals surface area contributed by atoms with E-state index in [1.165, 1.54) is 11.8 Å². The monoisotopic (exact) mass is 187 g/mol. The molecule has 1 aliphatic rings. The zero-order chi connectivity index (χ0) is 6.97. The molecule has 0 atom stereocenters. The lowest BCUT2D eigenvalue weighted by Gasteiger charge is -1.89. The Morgan fingerprint density at radius 1 is 1.55 bits per heavy atom. The molecule has 1 aromatic rings. The highest BCUT2D eigenvalue weighted by molar-refractivity contribution is 8.14. The lowest BCUT2D eigenvalue weighted by Crippen LogP contribution is -1.88. The van der Waals surface area contributed by atoms with Gasteiger partial charge in [-0.3, -0.25) is 9.78 Å². The standard InChI is InChI=1S/C7H5NOS.ClH/c9-7-4-5-6(10-7)2-1-3-8-5;/h1-3H,4H2;1H. The van der Waals surface area contributed by atoms with Gasteiger partial charge in [-0.1, -0.05) is 0 Å². The number of carbonyl (C=O) groups excluding carboxylic acids is 1. The van der Waals surface area contributed by atoms with Gasteiger partial charge in [0.2, 0.25) is 0 Å². The van der Waals surface area contributed by atoms with Crippen LogP contribution in [-0.2, 0) is 11.2 Å². The normalized spacial score (nSPS) is 14.0. The van der Waals surface area contributed by atoms with Crippen molar-refractivity contribution < 1.29 is 4.79 Å². The van der Waals surface area contributed by atoms with Crippen LogP contribution in [0.25, 0.3) is 0 Å². The van der Waals surface area contributed by atoms with Crippen LogP contribution in [0.4, 0.5) is 0 Å². The van der Waals surface area contributed by atoms with Crippen LogP contribution in [0.15, 0.2) is 23.2 Å². The molecule has 0 bridgehead atoms. The minimum Gasteiger partial charge on any atom is -0.286 e. The van der Waals surface area contributed by atoms with E-state index in [2.05, 4.69) is 4.98 Å². The molecule has 1 aromatic heterocycles. The Labute approximate surface area is 74.8 Å². The van der Waals surface area contributed by atoms with Gasteiger partial charge in [-0.25, -0.2) is 0 Å². The number of halogens is 1. The van der Waals surface area contributed by atoms with Crippen molar-refractivity contribution in [2.45, 2.75) is 11.3 Å². The van der Waals surface area contributed by atoms with Crippen LogP contribution in [0.5, 0.6) is 0 Å². The van der Waals surface area contributed by atoms with E-state index >= 15 is 0 Å². The third-order valence-electron chi connectivity index (χ3n) is 1.38. The first-order valence-electron chi connectivity index (χ1n) is 3.01. The van der Waals surface area contributed by atoms with Crippen LogP contribution in [-0.4, -0.2) is 10.1 Å². The van der Waals surface area contributed by atoms with Crippen molar-refractivity contribution in [1.82, 2.24) is 4.98 Å². The molecule has 0 spiro atoms. The number of pyridine rings is 1. The maximum Gasteiger partial charge on any atom is 0.199 e. The van der Waals surface area contributed by atoms with Gasteiger partial charge < -0.3 is 0 Å². The first-order chi connectivity index (χ1) is 4.86. The molecule has 0 aromatic carbocycles. The Hall–Kier alpha value is -0.540. The summed E-state index contributed by atoms with van der Waals surface area (Å²) in [6, 6.07) is 3.78. The molecular formula is C7H6ClNOS. The molecule has 0 radical (unpaired) electrons. The van der Waals surface area contributed by atoms with Crippen molar-refractivity contribution in [2.24, 2.45) is 0 Å². The van der Waals surface area contributed by atoms with Gasteiger partial charge in [0.1, 0.15) is 0 Å². The highest BCUT2D eigenvalue weighted by atomic mass is 35.5. The molecule has 58 valence electrons. The number of aromatic nitrogens is 1. The van der Waals surface area contributed by atoms with Crippen LogP contribution >= 0.6 is 24.2 Å². The van der Waals surface area contributed by atoms with E-state index in [4.69, 9.17) is 0 Å². The Morgan fingerprint density at radius 2 is 2.36 bits per heavy atom. The first-order valence-corrected chi connectivity index (χ1v) is 3.82. The summed E-state index contributed by atoms with van der Waals surface area (Å²) < 4.78 is 0. The number of nitrogens with zero attached hydrogens (tertiary/aromatic N) is 1. The number of thioether (sulfide) groups is 1. The van der Waals surface area contributed by atoms with E-state index in [9.17, 15) is 4.79 Å². The van der Waals surface area contributed by atoms with Gasteiger partial charge in [-0.15, -0.1) is 12.4 Å². The van der Waals surface area contributed by atoms with Gasteiger partial charge in [-0.05, 0) is 23.9 Å². The molecule has 2 heterocycles. The topological polar surface area (TPSA) is 30.0 Å². The number of fused-ring (bicyclic) bond motifs is 1. The van der Waals surface area contributed by atoms with Crippen LogP contribution < -0.4 is 0 Å². The minimum absolute atomic E-state index is 0. The Kier molecular flexibility index (Phi) is 2.52. The zero-order valence-electron chi connectivity index (χ0n) is 5.61. The van der Waals surface area contributed by atoms with Gasteiger partial charge in [-0.2, -0.15) is 0 Å². The second-order valence-electron chi connectivity index (χ2n) is 2.10. The van der Waals surface area contributed by atoms with Crippen molar-refractivity contribution in [3.63, 3.8) is 0 Å². The fraction of sp³-hybridized carbons (Fsp3) is 0.143. The van der Waals surface area contributed by atoms with Gasteiger partial charge in [0.05, 0.1) is 12.1 Å². The molecule has 4 heteroatoms. The number of hydrogen-bond donors (Lipinski definition) is 0. The molecule has 1 aliphatic heterocycles. The van der Waals surface area contributed by atoms with E-state index in [1.807, 2.05) is 12.1 Å². The Balaban J connectivity index is 0.000000605.